The summed E-state index contributed by atoms with van der Waals surface area (Å²) < 4.78 is 18.3. The molecule has 19 heavy (non-hydrogen) atoms. The van der Waals surface area contributed by atoms with Crippen LogP contribution < -0.4 is 0 Å². The maximum atomic E-state index is 12.8. The Kier molecular flexibility index (Phi) is 4.53. The lowest BCUT2D eigenvalue weighted by molar-refractivity contribution is -0.143. The zero-order valence-corrected chi connectivity index (χ0v) is 11.4. The van der Waals surface area contributed by atoms with E-state index in [1.807, 2.05) is 18.7 Å². The van der Waals surface area contributed by atoms with E-state index in [2.05, 4.69) is 0 Å². The number of carbonyl (C=O) groups excluding carboxylic acids is 1. The number of morpholine rings is 1. The van der Waals surface area contributed by atoms with E-state index in [1.54, 1.807) is 12.1 Å². The normalized spacial score (nSPS) is 23.4. The fraction of sp³-hybridized carbons (Fsp3) is 0.533. The summed E-state index contributed by atoms with van der Waals surface area (Å²) in [5.41, 5.74) is 0.990. The summed E-state index contributed by atoms with van der Waals surface area (Å²) in [5.74, 6) is -0.0994. The highest BCUT2D eigenvalue weighted by Gasteiger charge is 2.26. The van der Waals surface area contributed by atoms with E-state index in [-0.39, 0.29) is 23.9 Å². The van der Waals surface area contributed by atoms with Crippen LogP contribution in [0.5, 0.6) is 0 Å². The predicted octanol–water partition coefficient (Wildman–Crippen LogP) is 2.39. The molecule has 1 aromatic carbocycles. The van der Waals surface area contributed by atoms with Gasteiger partial charge in [0, 0.05) is 13.0 Å². The molecule has 0 radical (unpaired) electrons. The van der Waals surface area contributed by atoms with Crippen LogP contribution in [0.2, 0.25) is 0 Å². The Balaban J connectivity index is 1.88. The van der Waals surface area contributed by atoms with Crippen LogP contribution in [0.15, 0.2) is 24.3 Å². The Morgan fingerprint density at radius 3 is 2.74 bits per heavy atom. The number of rotatable bonds is 3. The van der Waals surface area contributed by atoms with Gasteiger partial charge in [0.15, 0.2) is 0 Å². The molecule has 1 saturated heterocycles. The molecule has 3 nitrogen and oxygen atoms in total. The van der Waals surface area contributed by atoms with Gasteiger partial charge in [-0.05, 0) is 38.0 Å². The second-order valence-corrected chi connectivity index (χ2v) is 5.17. The first-order valence-electron chi connectivity index (χ1n) is 6.72. The lowest BCUT2D eigenvalue weighted by atomic mass is 10.1. The summed E-state index contributed by atoms with van der Waals surface area (Å²) >= 11 is 0. The summed E-state index contributed by atoms with van der Waals surface area (Å²) in [6.07, 6.45) is 1.21. The van der Waals surface area contributed by atoms with Crippen molar-refractivity contribution in [2.75, 3.05) is 13.2 Å². The van der Waals surface area contributed by atoms with Crippen molar-refractivity contribution in [1.29, 1.82) is 0 Å². The number of ether oxygens (including phenoxy) is 1. The molecule has 0 aromatic heterocycles. The molecule has 4 heteroatoms. The lowest BCUT2D eigenvalue weighted by Gasteiger charge is -2.36. The molecule has 104 valence electrons. The van der Waals surface area contributed by atoms with E-state index in [0.717, 1.165) is 5.56 Å². The van der Waals surface area contributed by atoms with E-state index >= 15 is 0 Å². The zero-order valence-electron chi connectivity index (χ0n) is 11.4. The van der Waals surface area contributed by atoms with Gasteiger partial charge in [0.1, 0.15) is 5.82 Å². The first-order valence-corrected chi connectivity index (χ1v) is 6.72. The minimum Gasteiger partial charge on any atom is -0.375 e. The van der Waals surface area contributed by atoms with Crippen LogP contribution in [0.4, 0.5) is 4.39 Å². The van der Waals surface area contributed by atoms with Crippen molar-refractivity contribution >= 4 is 5.91 Å². The van der Waals surface area contributed by atoms with Crippen LogP contribution in [-0.4, -0.2) is 36.1 Å². The Morgan fingerprint density at radius 1 is 1.37 bits per heavy atom. The van der Waals surface area contributed by atoms with Crippen LogP contribution in [0.3, 0.4) is 0 Å². The average molecular weight is 265 g/mol. The van der Waals surface area contributed by atoms with Crippen molar-refractivity contribution < 1.29 is 13.9 Å². The Bertz CT molecular complexity index is 432. The number of hydrogen-bond acceptors (Lipinski definition) is 2. The fourth-order valence-corrected chi connectivity index (χ4v) is 2.30. The molecule has 2 atom stereocenters. The van der Waals surface area contributed by atoms with Gasteiger partial charge in [-0.3, -0.25) is 4.79 Å². The van der Waals surface area contributed by atoms with Gasteiger partial charge >= 0.3 is 0 Å². The minimum atomic E-state index is -0.245. The lowest BCUT2D eigenvalue weighted by Crippen LogP contribution is -2.50. The monoisotopic (exact) mass is 265 g/mol. The van der Waals surface area contributed by atoms with Crippen LogP contribution >= 0.6 is 0 Å². The standard InChI is InChI=1S/C15H20FNO2/c1-11-10-19-12(2)9-17(11)15(18)8-5-13-3-6-14(16)7-4-13/h3-4,6-7,11-12H,5,8-10H2,1-2H3. The molecule has 0 spiro atoms. The van der Waals surface area contributed by atoms with Crippen LogP contribution in [0, 0.1) is 5.82 Å². The second kappa shape index (κ2) is 6.15. The van der Waals surface area contributed by atoms with Crippen molar-refractivity contribution in [3.05, 3.63) is 35.6 Å². The highest BCUT2D eigenvalue weighted by molar-refractivity contribution is 5.77. The molecule has 1 aromatic rings. The molecule has 1 fully saturated rings. The maximum absolute atomic E-state index is 12.8. The van der Waals surface area contributed by atoms with Crippen molar-refractivity contribution in [3.63, 3.8) is 0 Å². The summed E-state index contributed by atoms with van der Waals surface area (Å²) in [7, 11) is 0. The number of benzene rings is 1. The number of carbonyl (C=O) groups is 1. The van der Waals surface area contributed by atoms with E-state index in [9.17, 15) is 9.18 Å². The van der Waals surface area contributed by atoms with Gasteiger partial charge in [0.2, 0.25) is 5.91 Å². The highest BCUT2D eigenvalue weighted by Crippen LogP contribution is 2.14. The SMILES string of the molecule is CC1CN(C(=O)CCc2ccc(F)cc2)C(C)CO1. The second-order valence-electron chi connectivity index (χ2n) is 5.17. The topological polar surface area (TPSA) is 29.5 Å². The van der Waals surface area contributed by atoms with Gasteiger partial charge in [-0.2, -0.15) is 0 Å². The third-order valence-corrected chi connectivity index (χ3v) is 3.47. The first-order chi connectivity index (χ1) is 9.06. The predicted molar refractivity (Wildman–Crippen MR) is 71.3 cm³/mol. The van der Waals surface area contributed by atoms with Crippen LogP contribution in [0.25, 0.3) is 0 Å². The number of hydrogen-bond donors (Lipinski definition) is 0. The van der Waals surface area contributed by atoms with Gasteiger partial charge in [-0.25, -0.2) is 4.39 Å². The molecule has 0 N–H and O–H groups in total. The molecule has 1 heterocycles. The molecule has 1 aliphatic heterocycles. The molecular formula is C15H20FNO2. The fourth-order valence-electron chi connectivity index (χ4n) is 2.30. The molecule has 1 amide bonds. The molecule has 2 rings (SSSR count). The number of nitrogens with zero attached hydrogens (tertiary/aromatic N) is 1. The first kappa shape index (κ1) is 14.0. The zero-order chi connectivity index (χ0) is 13.8. The van der Waals surface area contributed by atoms with E-state index < -0.39 is 0 Å². The van der Waals surface area contributed by atoms with Gasteiger partial charge in [0.05, 0.1) is 18.8 Å². The largest absolute Gasteiger partial charge is 0.375 e. The van der Waals surface area contributed by atoms with E-state index in [0.29, 0.717) is 26.0 Å². The van der Waals surface area contributed by atoms with Crippen molar-refractivity contribution in [2.24, 2.45) is 0 Å². The smallest absolute Gasteiger partial charge is 0.223 e. The Morgan fingerprint density at radius 2 is 2.05 bits per heavy atom. The minimum absolute atomic E-state index is 0.103. The number of amides is 1. The quantitative estimate of drug-likeness (QED) is 0.840. The van der Waals surface area contributed by atoms with Gasteiger partial charge < -0.3 is 9.64 Å². The van der Waals surface area contributed by atoms with Crippen molar-refractivity contribution in [3.8, 4) is 0 Å². The molecule has 0 bridgehead atoms. The highest BCUT2D eigenvalue weighted by atomic mass is 19.1. The number of aryl methyl sites for hydroxylation is 1. The Labute approximate surface area is 113 Å². The average Bonchev–Trinajstić information content (AvgIpc) is 2.40. The maximum Gasteiger partial charge on any atom is 0.223 e. The Hall–Kier alpha value is -1.42. The summed E-state index contributed by atoms with van der Waals surface area (Å²) in [5, 5.41) is 0. The van der Waals surface area contributed by atoms with Gasteiger partial charge in [0.25, 0.3) is 0 Å². The van der Waals surface area contributed by atoms with Crippen LogP contribution in [0.1, 0.15) is 25.8 Å². The molecule has 2 unspecified atom stereocenters. The van der Waals surface area contributed by atoms with Crippen molar-refractivity contribution in [1.82, 2.24) is 4.90 Å². The van der Waals surface area contributed by atoms with Crippen molar-refractivity contribution in [2.45, 2.75) is 38.8 Å². The third kappa shape index (κ3) is 3.77. The van der Waals surface area contributed by atoms with Crippen LogP contribution in [-0.2, 0) is 16.0 Å². The molecular weight excluding hydrogens is 245 g/mol. The third-order valence-electron chi connectivity index (χ3n) is 3.47. The summed E-state index contributed by atoms with van der Waals surface area (Å²) in [4.78, 5) is 14.1. The molecule has 0 aliphatic carbocycles. The molecule has 0 saturated carbocycles. The van der Waals surface area contributed by atoms with Gasteiger partial charge in [-0.1, -0.05) is 12.1 Å². The summed E-state index contributed by atoms with van der Waals surface area (Å²) in [6, 6.07) is 6.46. The van der Waals surface area contributed by atoms with E-state index in [1.165, 1.54) is 12.1 Å². The van der Waals surface area contributed by atoms with Gasteiger partial charge in [-0.15, -0.1) is 0 Å². The summed E-state index contributed by atoms with van der Waals surface area (Å²) in [6.45, 7) is 5.24. The molecule has 1 aliphatic rings. The van der Waals surface area contributed by atoms with E-state index in [4.69, 9.17) is 4.74 Å². The number of halogens is 1.